The minimum atomic E-state index is -3.45. The van der Waals surface area contributed by atoms with E-state index in [9.17, 15) is 12.8 Å². The van der Waals surface area contributed by atoms with Gasteiger partial charge in [-0.3, -0.25) is 4.72 Å². The summed E-state index contributed by atoms with van der Waals surface area (Å²) in [6.07, 6.45) is 0. The monoisotopic (exact) mass is 266 g/mol. The molecule has 7 heteroatoms. The molecule has 2 N–H and O–H groups in total. The van der Waals surface area contributed by atoms with Gasteiger partial charge in [-0.25, -0.2) is 12.8 Å². The van der Waals surface area contributed by atoms with Crippen molar-refractivity contribution in [2.24, 2.45) is 0 Å². The standard InChI is InChI=1S/C9H12ClFN2O2S/c1-12-4-5-16(14,15)13-7-2-3-8(10)9(11)6-7/h2-3,6,12-13H,4-5H2,1H3. The summed E-state index contributed by atoms with van der Waals surface area (Å²) in [4.78, 5) is 0. The number of sulfonamides is 1. The molecule has 0 spiro atoms. The van der Waals surface area contributed by atoms with Crippen LogP contribution in [0.4, 0.5) is 10.1 Å². The van der Waals surface area contributed by atoms with E-state index in [4.69, 9.17) is 11.6 Å². The number of benzene rings is 1. The Hall–Kier alpha value is -0.850. The van der Waals surface area contributed by atoms with Crippen LogP contribution in [0.5, 0.6) is 0 Å². The van der Waals surface area contributed by atoms with Crippen molar-refractivity contribution in [3.63, 3.8) is 0 Å². The lowest BCUT2D eigenvalue weighted by Crippen LogP contribution is -2.24. The first-order valence-electron chi connectivity index (χ1n) is 4.55. The van der Waals surface area contributed by atoms with Crippen molar-refractivity contribution in [1.82, 2.24) is 5.32 Å². The maximum absolute atomic E-state index is 13.0. The summed E-state index contributed by atoms with van der Waals surface area (Å²) in [5.41, 5.74) is 0.165. The predicted octanol–water partition coefficient (Wildman–Crippen LogP) is 1.44. The maximum Gasteiger partial charge on any atom is 0.233 e. The SMILES string of the molecule is CNCCS(=O)(=O)Nc1ccc(Cl)c(F)c1. The lowest BCUT2D eigenvalue weighted by Gasteiger charge is -2.07. The van der Waals surface area contributed by atoms with E-state index in [2.05, 4.69) is 10.0 Å². The summed E-state index contributed by atoms with van der Waals surface area (Å²) in [7, 11) is -1.80. The number of hydrogen-bond acceptors (Lipinski definition) is 3. The summed E-state index contributed by atoms with van der Waals surface area (Å²) in [5.74, 6) is -0.733. The summed E-state index contributed by atoms with van der Waals surface area (Å²) in [6, 6.07) is 3.74. The third-order valence-corrected chi connectivity index (χ3v) is 3.41. The van der Waals surface area contributed by atoms with Crippen LogP contribution < -0.4 is 10.0 Å². The Morgan fingerprint density at radius 3 is 2.69 bits per heavy atom. The summed E-state index contributed by atoms with van der Waals surface area (Å²) >= 11 is 5.47. The van der Waals surface area contributed by atoms with Gasteiger partial charge in [0.15, 0.2) is 0 Å². The van der Waals surface area contributed by atoms with Crippen molar-refractivity contribution in [2.75, 3.05) is 24.1 Å². The van der Waals surface area contributed by atoms with Gasteiger partial charge in [-0.2, -0.15) is 0 Å². The fourth-order valence-electron chi connectivity index (χ4n) is 1.03. The molecule has 0 heterocycles. The van der Waals surface area contributed by atoms with Crippen molar-refractivity contribution in [1.29, 1.82) is 0 Å². The Kier molecular flexibility index (Phi) is 4.52. The van der Waals surface area contributed by atoms with Crippen LogP contribution in [0.2, 0.25) is 5.02 Å². The molecule has 0 aliphatic rings. The molecule has 0 atom stereocenters. The number of rotatable bonds is 5. The minimum absolute atomic E-state index is 0.0434. The van der Waals surface area contributed by atoms with Crippen molar-refractivity contribution in [3.8, 4) is 0 Å². The fourth-order valence-corrected chi connectivity index (χ4v) is 2.21. The summed E-state index contributed by atoms with van der Waals surface area (Å²) < 4.78 is 38.2. The van der Waals surface area contributed by atoms with Gasteiger partial charge in [0.1, 0.15) is 5.82 Å². The quantitative estimate of drug-likeness (QED) is 0.848. The minimum Gasteiger partial charge on any atom is -0.319 e. The average molecular weight is 267 g/mol. The lowest BCUT2D eigenvalue weighted by atomic mass is 10.3. The van der Waals surface area contributed by atoms with E-state index < -0.39 is 15.8 Å². The van der Waals surface area contributed by atoms with E-state index in [0.29, 0.717) is 6.54 Å². The van der Waals surface area contributed by atoms with Gasteiger partial charge in [0, 0.05) is 6.54 Å². The van der Waals surface area contributed by atoms with Crippen LogP contribution in [0.15, 0.2) is 18.2 Å². The lowest BCUT2D eigenvalue weighted by molar-refractivity contribution is 0.598. The van der Waals surface area contributed by atoms with Gasteiger partial charge in [0.05, 0.1) is 16.5 Å². The van der Waals surface area contributed by atoms with Gasteiger partial charge >= 0.3 is 0 Å². The van der Waals surface area contributed by atoms with E-state index in [-0.39, 0.29) is 16.5 Å². The molecule has 0 aromatic heterocycles. The second-order valence-corrected chi connectivity index (χ2v) is 5.40. The Morgan fingerprint density at radius 1 is 1.44 bits per heavy atom. The Bertz CT molecular complexity index is 465. The molecule has 0 bridgehead atoms. The topological polar surface area (TPSA) is 58.2 Å². The van der Waals surface area contributed by atoms with Gasteiger partial charge < -0.3 is 5.32 Å². The highest BCUT2D eigenvalue weighted by molar-refractivity contribution is 7.92. The Balaban J connectivity index is 2.76. The van der Waals surface area contributed by atoms with E-state index >= 15 is 0 Å². The van der Waals surface area contributed by atoms with Gasteiger partial charge in [-0.1, -0.05) is 11.6 Å². The largest absolute Gasteiger partial charge is 0.319 e. The molecule has 0 fully saturated rings. The molecule has 0 aliphatic carbocycles. The molecule has 0 radical (unpaired) electrons. The van der Waals surface area contributed by atoms with Crippen LogP contribution in [0.3, 0.4) is 0 Å². The predicted molar refractivity (Wildman–Crippen MR) is 62.7 cm³/mol. The molecular formula is C9H12ClFN2O2S. The van der Waals surface area contributed by atoms with Crippen molar-refractivity contribution in [3.05, 3.63) is 29.0 Å². The third kappa shape index (κ3) is 3.96. The zero-order chi connectivity index (χ0) is 12.2. The van der Waals surface area contributed by atoms with Crippen molar-refractivity contribution < 1.29 is 12.8 Å². The van der Waals surface area contributed by atoms with Gasteiger partial charge in [0.25, 0.3) is 0 Å². The first kappa shape index (κ1) is 13.2. The highest BCUT2D eigenvalue weighted by Gasteiger charge is 2.10. The molecular weight excluding hydrogens is 255 g/mol. The van der Waals surface area contributed by atoms with Crippen LogP contribution in [-0.4, -0.2) is 27.8 Å². The molecule has 4 nitrogen and oxygen atoms in total. The van der Waals surface area contributed by atoms with Crippen LogP contribution in [-0.2, 0) is 10.0 Å². The normalized spacial score (nSPS) is 11.4. The molecule has 0 amide bonds. The molecule has 1 aromatic carbocycles. The Labute approximate surface area is 98.9 Å². The highest BCUT2D eigenvalue weighted by atomic mass is 35.5. The average Bonchev–Trinajstić information content (AvgIpc) is 2.20. The maximum atomic E-state index is 13.0. The molecule has 0 saturated carbocycles. The van der Waals surface area contributed by atoms with E-state index in [1.807, 2.05) is 0 Å². The molecule has 1 aromatic rings. The number of hydrogen-bond donors (Lipinski definition) is 2. The van der Waals surface area contributed by atoms with Crippen LogP contribution in [0.25, 0.3) is 0 Å². The molecule has 1 rings (SSSR count). The molecule has 0 unspecified atom stereocenters. The molecule has 0 saturated heterocycles. The van der Waals surface area contributed by atoms with E-state index in [0.717, 1.165) is 6.07 Å². The van der Waals surface area contributed by atoms with Gasteiger partial charge in [-0.05, 0) is 25.2 Å². The molecule has 16 heavy (non-hydrogen) atoms. The van der Waals surface area contributed by atoms with Crippen LogP contribution in [0.1, 0.15) is 0 Å². The van der Waals surface area contributed by atoms with Crippen LogP contribution >= 0.6 is 11.6 Å². The van der Waals surface area contributed by atoms with Crippen LogP contribution in [0, 0.1) is 5.82 Å². The first-order chi connectivity index (χ1) is 7.44. The van der Waals surface area contributed by atoms with Crippen molar-refractivity contribution in [2.45, 2.75) is 0 Å². The van der Waals surface area contributed by atoms with Gasteiger partial charge in [0.2, 0.25) is 10.0 Å². The number of anilines is 1. The molecule has 0 aliphatic heterocycles. The summed E-state index contributed by atoms with van der Waals surface area (Å²) in [6.45, 7) is 0.325. The fraction of sp³-hybridized carbons (Fsp3) is 0.333. The van der Waals surface area contributed by atoms with Crippen molar-refractivity contribution >= 4 is 27.3 Å². The molecule has 90 valence electrons. The van der Waals surface area contributed by atoms with E-state index in [1.165, 1.54) is 12.1 Å². The third-order valence-electron chi connectivity index (χ3n) is 1.81. The zero-order valence-corrected chi connectivity index (χ0v) is 10.2. The highest BCUT2D eigenvalue weighted by Crippen LogP contribution is 2.19. The Morgan fingerprint density at radius 2 is 2.12 bits per heavy atom. The van der Waals surface area contributed by atoms with E-state index in [1.54, 1.807) is 7.05 Å². The van der Waals surface area contributed by atoms with Gasteiger partial charge in [-0.15, -0.1) is 0 Å². The first-order valence-corrected chi connectivity index (χ1v) is 6.58. The zero-order valence-electron chi connectivity index (χ0n) is 8.63. The number of nitrogens with one attached hydrogen (secondary N) is 2. The second kappa shape index (κ2) is 5.47. The number of halogens is 2. The smallest absolute Gasteiger partial charge is 0.233 e. The summed E-state index contributed by atoms with van der Waals surface area (Å²) in [5, 5.41) is 2.67. The second-order valence-electron chi connectivity index (χ2n) is 3.15.